The molecule has 0 spiro atoms. The SMILES string of the molecule is Cc1cc(Br)ccc1C(=O)N(C)CCNC(=O)C(C)C. The first kappa shape index (κ1) is 16.7. The minimum Gasteiger partial charge on any atom is -0.354 e. The molecule has 0 unspecified atom stereocenters. The number of aryl methyl sites for hydroxylation is 1. The van der Waals surface area contributed by atoms with Gasteiger partial charge in [-0.3, -0.25) is 9.59 Å². The van der Waals surface area contributed by atoms with Gasteiger partial charge in [0.15, 0.2) is 0 Å². The van der Waals surface area contributed by atoms with Crippen molar-refractivity contribution in [3.63, 3.8) is 0 Å². The molecule has 0 saturated carbocycles. The Labute approximate surface area is 128 Å². The molecule has 1 aromatic carbocycles. The summed E-state index contributed by atoms with van der Waals surface area (Å²) in [5.74, 6) is -0.0656. The molecular formula is C15H21BrN2O2. The van der Waals surface area contributed by atoms with Gasteiger partial charge in [-0.1, -0.05) is 29.8 Å². The number of likely N-dealkylation sites (N-methyl/N-ethyl adjacent to an activating group) is 1. The highest BCUT2D eigenvalue weighted by Gasteiger charge is 2.14. The monoisotopic (exact) mass is 340 g/mol. The van der Waals surface area contributed by atoms with E-state index in [-0.39, 0.29) is 17.7 Å². The van der Waals surface area contributed by atoms with Gasteiger partial charge in [0.2, 0.25) is 5.91 Å². The van der Waals surface area contributed by atoms with E-state index in [1.54, 1.807) is 11.9 Å². The normalized spacial score (nSPS) is 10.5. The molecule has 1 aromatic rings. The van der Waals surface area contributed by atoms with Crippen LogP contribution in [0.4, 0.5) is 0 Å². The average molecular weight is 341 g/mol. The minimum absolute atomic E-state index is 0.00525. The molecule has 20 heavy (non-hydrogen) atoms. The Morgan fingerprint density at radius 3 is 2.55 bits per heavy atom. The van der Waals surface area contributed by atoms with E-state index >= 15 is 0 Å². The van der Waals surface area contributed by atoms with Gasteiger partial charge in [0, 0.05) is 36.1 Å². The minimum atomic E-state index is -0.0373. The molecule has 0 atom stereocenters. The van der Waals surface area contributed by atoms with Gasteiger partial charge < -0.3 is 10.2 Å². The van der Waals surface area contributed by atoms with Crippen molar-refractivity contribution in [2.24, 2.45) is 5.92 Å². The molecule has 1 rings (SSSR count). The second-order valence-corrected chi connectivity index (χ2v) is 6.05. The lowest BCUT2D eigenvalue weighted by Crippen LogP contribution is -2.37. The Hall–Kier alpha value is -1.36. The van der Waals surface area contributed by atoms with Crippen LogP contribution in [0.5, 0.6) is 0 Å². The van der Waals surface area contributed by atoms with Crippen LogP contribution in [0.2, 0.25) is 0 Å². The third kappa shape index (κ3) is 4.63. The summed E-state index contributed by atoms with van der Waals surface area (Å²) < 4.78 is 0.957. The number of benzene rings is 1. The fourth-order valence-electron chi connectivity index (χ4n) is 1.73. The molecule has 110 valence electrons. The quantitative estimate of drug-likeness (QED) is 0.895. The summed E-state index contributed by atoms with van der Waals surface area (Å²) in [6.45, 7) is 6.55. The second-order valence-electron chi connectivity index (χ2n) is 5.13. The zero-order chi connectivity index (χ0) is 15.3. The van der Waals surface area contributed by atoms with Crippen LogP contribution in [0.3, 0.4) is 0 Å². The number of rotatable bonds is 5. The number of carbonyl (C=O) groups is 2. The largest absolute Gasteiger partial charge is 0.354 e. The first-order chi connectivity index (χ1) is 9.32. The second kappa shape index (κ2) is 7.43. The Bertz CT molecular complexity index is 501. The first-order valence-electron chi connectivity index (χ1n) is 6.62. The van der Waals surface area contributed by atoms with Crippen molar-refractivity contribution in [3.8, 4) is 0 Å². The number of amides is 2. The molecule has 4 nitrogen and oxygen atoms in total. The maximum atomic E-state index is 12.3. The van der Waals surface area contributed by atoms with Crippen LogP contribution in [-0.2, 0) is 4.79 Å². The molecule has 0 saturated heterocycles. The van der Waals surface area contributed by atoms with Gasteiger partial charge in [-0.25, -0.2) is 0 Å². The van der Waals surface area contributed by atoms with E-state index in [0.717, 1.165) is 10.0 Å². The molecule has 5 heteroatoms. The van der Waals surface area contributed by atoms with Crippen LogP contribution in [0.15, 0.2) is 22.7 Å². The smallest absolute Gasteiger partial charge is 0.253 e. The van der Waals surface area contributed by atoms with Gasteiger partial charge >= 0.3 is 0 Å². The van der Waals surface area contributed by atoms with Gasteiger partial charge in [0.1, 0.15) is 0 Å². The third-order valence-electron chi connectivity index (χ3n) is 3.04. The fourth-order valence-corrected chi connectivity index (χ4v) is 2.20. The lowest BCUT2D eigenvalue weighted by molar-refractivity contribution is -0.124. The van der Waals surface area contributed by atoms with E-state index in [0.29, 0.717) is 18.7 Å². The molecule has 0 heterocycles. The molecule has 1 N–H and O–H groups in total. The molecule has 0 aliphatic rings. The van der Waals surface area contributed by atoms with E-state index in [4.69, 9.17) is 0 Å². The van der Waals surface area contributed by atoms with E-state index in [9.17, 15) is 9.59 Å². The predicted octanol–water partition coefficient (Wildman–Crippen LogP) is 2.60. The van der Waals surface area contributed by atoms with E-state index in [1.807, 2.05) is 39.0 Å². The van der Waals surface area contributed by atoms with Crippen molar-refractivity contribution < 1.29 is 9.59 Å². The standard InChI is InChI=1S/C15H21BrN2O2/c1-10(2)14(19)17-7-8-18(4)15(20)13-6-5-12(16)9-11(13)3/h5-6,9-10H,7-8H2,1-4H3,(H,17,19). The Kier molecular flexibility index (Phi) is 6.20. The predicted molar refractivity (Wildman–Crippen MR) is 83.7 cm³/mol. The van der Waals surface area contributed by atoms with Crippen molar-refractivity contribution in [3.05, 3.63) is 33.8 Å². The topological polar surface area (TPSA) is 49.4 Å². The van der Waals surface area contributed by atoms with Crippen LogP contribution in [0.25, 0.3) is 0 Å². The summed E-state index contributed by atoms with van der Waals surface area (Å²) in [5.41, 5.74) is 1.62. The lowest BCUT2D eigenvalue weighted by atomic mass is 10.1. The Morgan fingerprint density at radius 1 is 1.35 bits per heavy atom. The van der Waals surface area contributed by atoms with Crippen LogP contribution >= 0.6 is 15.9 Å². The van der Waals surface area contributed by atoms with Crippen molar-refractivity contribution in [1.29, 1.82) is 0 Å². The highest BCUT2D eigenvalue weighted by atomic mass is 79.9. The van der Waals surface area contributed by atoms with E-state index < -0.39 is 0 Å². The number of halogens is 1. The Balaban J connectivity index is 2.57. The van der Waals surface area contributed by atoms with Crippen molar-refractivity contribution in [1.82, 2.24) is 10.2 Å². The maximum Gasteiger partial charge on any atom is 0.253 e. The van der Waals surface area contributed by atoms with Crippen molar-refractivity contribution in [2.75, 3.05) is 20.1 Å². The first-order valence-corrected chi connectivity index (χ1v) is 7.41. The Morgan fingerprint density at radius 2 is 2.00 bits per heavy atom. The zero-order valence-corrected chi connectivity index (χ0v) is 14.0. The molecular weight excluding hydrogens is 320 g/mol. The maximum absolute atomic E-state index is 12.3. The van der Waals surface area contributed by atoms with Crippen LogP contribution in [0.1, 0.15) is 29.8 Å². The fraction of sp³-hybridized carbons (Fsp3) is 0.467. The van der Waals surface area contributed by atoms with Crippen molar-refractivity contribution >= 4 is 27.7 Å². The summed E-state index contributed by atoms with van der Waals surface area (Å²) in [6, 6.07) is 5.58. The van der Waals surface area contributed by atoms with E-state index in [2.05, 4.69) is 21.2 Å². The van der Waals surface area contributed by atoms with Crippen molar-refractivity contribution in [2.45, 2.75) is 20.8 Å². The van der Waals surface area contributed by atoms with Crippen LogP contribution in [0, 0.1) is 12.8 Å². The number of nitrogens with one attached hydrogen (secondary N) is 1. The molecule has 0 bridgehead atoms. The summed E-state index contributed by atoms with van der Waals surface area (Å²) in [7, 11) is 1.74. The van der Waals surface area contributed by atoms with Gasteiger partial charge in [0.05, 0.1) is 0 Å². The third-order valence-corrected chi connectivity index (χ3v) is 3.53. The molecule has 0 aliphatic heterocycles. The van der Waals surface area contributed by atoms with Gasteiger partial charge in [-0.05, 0) is 30.7 Å². The average Bonchev–Trinajstić information content (AvgIpc) is 2.37. The molecule has 0 aromatic heterocycles. The highest BCUT2D eigenvalue weighted by molar-refractivity contribution is 9.10. The summed E-state index contributed by atoms with van der Waals surface area (Å²) >= 11 is 3.38. The molecule has 0 radical (unpaired) electrons. The highest BCUT2D eigenvalue weighted by Crippen LogP contribution is 2.17. The zero-order valence-electron chi connectivity index (χ0n) is 12.4. The molecule has 0 aliphatic carbocycles. The summed E-state index contributed by atoms with van der Waals surface area (Å²) in [4.78, 5) is 25.3. The van der Waals surface area contributed by atoms with Gasteiger partial charge in [0.25, 0.3) is 5.91 Å². The summed E-state index contributed by atoms with van der Waals surface area (Å²) in [6.07, 6.45) is 0. The molecule has 2 amide bonds. The number of hydrogen-bond donors (Lipinski definition) is 1. The summed E-state index contributed by atoms with van der Waals surface area (Å²) in [5, 5.41) is 2.80. The number of carbonyl (C=O) groups excluding carboxylic acids is 2. The molecule has 0 fully saturated rings. The van der Waals surface area contributed by atoms with Crippen LogP contribution in [-0.4, -0.2) is 36.9 Å². The van der Waals surface area contributed by atoms with Crippen LogP contribution < -0.4 is 5.32 Å². The number of nitrogens with zero attached hydrogens (tertiary/aromatic N) is 1. The van der Waals surface area contributed by atoms with Gasteiger partial charge in [-0.15, -0.1) is 0 Å². The van der Waals surface area contributed by atoms with Gasteiger partial charge in [-0.2, -0.15) is 0 Å². The lowest BCUT2D eigenvalue weighted by Gasteiger charge is -2.19. The number of hydrogen-bond acceptors (Lipinski definition) is 2. The van der Waals surface area contributed by atoms with E-state index in [1.165, 1.54) is 0 Å².